The minimum absolute atomic E-state index is 0.273. The van der Waals surface area contributed by atoms with Crippen LogP contribution in [-0.2, 0) is 9.22 Å². The van der Waals surface area contributed by atoms with Gasteiger partial charge in [0.1, 0.15) is 0 Å². The largest absolute Gasteiger partial charge is 0.414 e. The molecule has 0 N–H and O–H groups in total. The molecule has 0 heterocycles. The van der Waals surface area contributed by atoms with Gasteiger partial charge < -0.3 is 4.43 Å². The standard InChI is InChI=1S/C16H34OSi.C5H6O/c1-6-11-12-13-15-16(14-7-2)17-18(8-3,9-4)10-5;6-5-3-1-2-4-5/h7,16H,2,6,8-15H2,1,3-5H3;1,3H,2,4H2. The maximum atomic E-state index is 10.2. The van der Waals surface area contributed by atoms with Crippen LogP contribution in [0.3, 0.4) is 0 Å². The first-order chi connectivity index (χ1) is 11.6. The van der Waals surface area contributed by atoms with Gasteiger partial charge in [0.05, 0.1) is 0 Å². The van der Waals surface area contributed by atoms with E-state index in [0.29, 0.717) is 6.10 Å². The summed E-state index contributed by atoms with van der Waals surface area (Å²) in [7, 11) is -1.43. The van der Waals surface area contributed by atoms with Gasteiger partial charge in [0.15, 0.2) is 14.1 Å². The molecule has 1 unspecified atom stereocenters. The summed E-state index contributed by atoms with van der Waals surface area (Å²) in [5.74, 6) is 0.273. The quantitative estimate of drug-likeness (QED) is 0.218. The van der Waals surface area contributed by atoms with E-state index in [0.717, 1.165) is 19.3 Å². The molecule has 1 aliphatic carbocycles. The van der Waals surface area contributed by atoms with Crippen molar-refractivity contribution in [1.82, 2.24) is 0 Å². The lowest BCUT2D eigenvalue weighted by Crippen LogP contribution is -2.39. The Morgan fingerprint density at radius 3 is 2.21 bits per heavy atom. The van der Waals surface area contributed by atoms with E-state index in [1.54, 1.807) is 6.08 Å². The fraction of sp³-hybridized carbons (Fsp3) is 0.762. The lowest BCUT2D eigenvalue weighted by Gasteiger charge is -2.33. The maximum absolute atomic E-state index is 10.2. The molecule has 0 fully saturated rings. The summed E-state index contributed by atoms with van der Waals surface area (Å²) in [5.41, 5.74) is 0. The molecule has 0 aromatic rings. The van der Waals surface area contributed by atoms with Gasteiger partial charge in [-0.25, -0.2) is 0 Å². The first-order valence-corrected chi connectivity index (χ1v) is 12.6. The average molecular weight is 353 g/mol. The zero-order chi connectivity index (χ0) is 18.3. The second-order valence-electron chi connectivity index (χ2n) is 6.76. The molecule has 1 atom stereocenters. The van der Waals surface area contributed by atoms with Gasteiger partial charge in [-0.3, -0.25) is 4.79 Å². The van der Waals surface area contributed by atoms with Crippen molar-refractivity contribution in [2.24, 2.45) is 0 Å². The van der Waals surface area contributed by atoms with E-state index in [9.17, 15) is 4.79 Å². The molecule has 0 aromatic carbocycles. The fourth-order valence-electron chi connectivity index (χ4n) is 3.09. The number of carbonyl (C=O) groups is 1. The molecule has 0 spiro atoms. The van der Waals surface area contributed by atoms with Gasteiger partial charge in [-0.2, -0.15) is 0 Å². The molecule has 1 rings (SSSR count). The number of hydrogen-bond acceptors (Lipinski definition) is 2. The summed E-state index contributed by atoms with van der Waals surface area (Å²) < 4.78 is 6.57. The third-order valence-electron chi connectivity index (χ3n) is 5.02. The van der Waals surface area contributed by atoms with E-state index in [-0.39, 0.29) is 5.78 Å². The summed E-state index contributed by atoms with van der Waals surface area (Å²) in [6, 6.07) is 3.76. The average Bonchev–Trinajstić information content (AvgIpc) is 3.08. The Kier molecular flexibility index (Phi) is 14.2. The van der Waals surface area contributed by atoms with E-state index in [1.807, 2.05) is 12.2 Å². The zero-order valence-corrected chi connectivity index (χ0v) is 17.6. The van der Waals surface area contributed by atoms with Crippen molar-refractivity contribution in [2.75, 3.05) is 0 Å². The summed E-state index contributed by atoms with van der Waals surface area (Å²) >= 11 is 0. The Balaban J connectivity index is 0.000000728. The number of rotatable bonds is 12. The number of unbranched alkanes of at least 4 members (excludes halogenated alkanes) is 3. The third-order valence-corrected chi connectivity index (χ3v) is 9.72. The summed E-state index contributed by atoms with van der Waals surface area (Å²) in [5, 5.41) is 0. The molecule has 2 nitrogen and oxygen atoms in total. The normalized spacial score (nSPS) is 15.1. The predicted molar refractivity (Wildman–Crippen MR) is 109 cm³/mol. The lowest BCUT2D eigenvalue weighted by molar-refractivity contribution is -0.114. The van der Waals surface area contributed by atoms with Crippen LogP contribution in [0.15, 0.2) is 24.8 Å². The van der Waals surface area contributed by atoms with Gasteiger partial charge in [-0.15, -0.1) is 6.58 Å². The molecular formula is C21H40O2Si. The minimum Gasteiger partial charge on any atom is -0.414 e. The maximum Gasteiger partial charge on any atom is 0.192 e. The molecule has 1 aliphatic rings. The van der Waals surface area contributed by atoms with Crippen LogP contribution >= 0.6 is 0 Å². The van der Waals surface area contributed by atoms with E-state index >= 15 is 0 Å². The Bertz CT molecular complexity index is 351. The van der Waals surface area contributed by atoms with Crippen molar-refractivity contribution in [2.45, 2.75) is 103 Å². The van der Waals surface area contributed by atoms with Crippen LogP contribution in [-0.4, -0.2) is 20.2 Å². The highest BCUT2D eigenvalue weighted by Gasteiger charge is 2.31. The van der Waals surface area contributed by atoms with Crippen LogP contribution in [0.1, 0.15) is 79.1 Å². The van der Waals surface area contributed by atoms with Crippen LogP contribution in [0.2, 0.25) is 18.1 Å². The molecule has 0 aromatic heterocycles. The third kappa shape index (κ3) is 10.2. The van der Waals surface area contributed by atoms with Crippen molar-refractivity contribution < 1.29 is 9.22 Å². The van der Waals surface area contributed by atoms with Gasteiger partial charge >= 0.3 is 0 Å². The van der Waals surface area contributed by atoms with Crippen molar-refractivity contribution in [3.63, 3.8) is 0 Å². The highest BCUT2D eigenvalue weighted by Crippen LogP contribution is 2.26. The van der Waals surface area contributed by atoms with Crippen LogP contribution in [0.25, 0.3) is 0 Å². The Morgan fingerprint density at radius 2 is 1.83 bits per heavy atom. The molecule has 3 heteroatoms. The molecule has 140 valence electrons. The smallest absolute Gasteiger partial charge is 0.192 e. The van der Waals surface area contributed by atoms with Crippen molar-refractivity contribution in [1.29, 1.82) is 0 Å². The van der Waals surface area contributed by atoms with Crippen LogP contribution in [0, 0.1) is 0 Å². The van der Waals surface area contributed by atoms with E-state index in [4.69, 9.17) is 4.43 Å². The van der Waals surface area contributed by atoms with Gasteiger partial charge in [0.2, 0.25) is 0 Å². The van der Waals surface area contributed by atoms with Gasteiger partial charge in [0.25, 0.3) is 0 Å². The number of ketones is 1. The Hall–Kier alpha value is -0.673. The molecule has 0 aliphatic heterocycles. The molecule has 24 heavy (non-hydrogen) atoms. The van der Waals surface area contributed by atoms with E-state index in [2.05, 4.69) is 34.3 Å². The summed E-state index contributed by atoms with van der Waals surface area (Å²) in [6.45, 7) is 13.1. The second kappa shape index (κ2) is 14.7. The van der Waals surface area contributed by atoms with Gasteiger partial charge in [-0.1, -0.05) is 65.5 Å². The highest BCUT2D eigenvalue weighted by molar-refractivity contribution is 6.73. The second-order valence-corrected chi connectivity index (χ2v) is 11.5. The number of carbonyl (C=O) groups excluding carboxylic acids is 1. The van der Waals surface area contributed by atoms with Crippen molar-refractivity contribution in [3.05, 3.63) is 24.8 Å². The Morgan fingerprint density at radius 1 is 1.17 bits per heavy atom. The lowest BCUT2D eigenvalue weighted by atomic mass is 10.1. The number of hydrogen-bond donors (Lipinski definition) is 0. The monoisotopic (exact) mass is 352 g/mol. The molecular weight excluding hydrogens is 312 g/mol. The zero-order valence-electron chi connectivity index (χ0n) is 16.6. The summed E-state index contributed by atoms with van der Waals surface area (Å²) in [6.07, 6.45) is 15.3. The van der Waals surface area contributed by atoms with Crippen LogP contribution in [0.4, 0.5) is 0 Å². The summed E-state index contributed by atoms with van der Waals surface area (Å²) in [4.78, 5) is 10.2. The molecule has 0 saturated carbocycles. The van der Waals surface area contributed by atoms with Crippen LogP contribution < -0.4 is 0 Å². The molecule has 0 radical (unpaired) electrons. The highest BCUT2D eigenvalue weighted by atomic mass is 28.4. The topological polar surface area (TPSA) is 26.3 Å². The van der Waals surface area contributed by atoms with Gasteiger partial charge in [-0.05, 0) is 43.5 Å². The minimum atomic E-state index is -1.43. The first kappa shape index (κ1) is 23.3. The van der Waals surface area contributed by atoms with Crippen LogP contribution in [0.5, 0.6) is 0 Å². The molecule has 0 amide bonds. The van der Waals surface area contributed by atoms with Gasteiger partial charge in [0, 0.05) is 12.5 Å². The molecule has 0 saturated heterocycles. The Labute approximate surface area is 151 Å². The van der Waals surface area contributed by atoms with Crippen molar-refractivity contribution >= 4 is 14.1 Å². The predicted octanol–water partition coefficient (Wildman–Crippen LogP) is 6.83. The van der Waals surface area contributed by atoms with E-state index in [1.165, 1.54) is 50.2 Å². The first-order valence-electron chi connectivity index (χ1n) is 10.0. The fourth-order valence-corrected chi connectivity index (χ4v) is 6.01. The van der Waals surface area contributed by atoms with E-state index < -0.39 is 8.32 Å². The SMILES string of the molecule is C=CCC(CCCCCC)O[Si](CC)(CC)CC.O=C1C=CCC1. The number of allylic oxidation sites excluding steroid dienone is 2. The van der Waals surface area contributed by atoms with Crippen molar-refractivity contribution in [3.8, 4) is 0 Å². The molecule has 0 bridgehead atoms.